The maximum absolute atomic E-state index is 13.6. The number of aromatic nitrogens is 1. The van der Waals surface area contributed by atoms with Gasteiger partial charge in [0.1, 0.15) is 5.82 Å². The Morgan fingerprint density at radius 1 is 1.56 bits per heavy atom. The average molecular weight is 222 g/mol. The summed E-state index contributed by atoms with van der Waals surface area (Å²) in [6.45, 7) is 0.741. The summed E-state index contributed by atoms with van der Waals surface area (Å²) < 4.78 is 18.9. The molecular weight excluding hydrogens is 207 g/mol. The quantitative estimate of drug-likeness (QED) is 0.851. The van der Waals surface area contributed by atoms with Gasteiger partial charge in [0.2, 0.25) is 0 Å². The summed E-state index contributed by atoms with van der Waals surface area (Å²) in [7, 11) is 1.80. The van der Waals surface area contributed by atoms with Gasteiger partial charge >= 0.3 is 0 Å². The predicted molar refractivity (Wildman–Crippen MR) is 59.3 cm³/mol. The van der Waals surface area contributed by atoms with E-state index < -0.39 is 0 Å². The molecule has 2 rings (SSSR count). The molecule has 1 aliphatic rings. The lowest BCUT2D eigenvalue weighted by Crippen LogP contribution is -2.23. The fraction of sp³-hybridized carbons (Fsp3) is 0.417. The van der Waals surface area contributed by atoms with Crippen molar-refractivity contribution in [3.05, 3.63) is 41.7 Å². The molecule has 1 aliphatic heterocycles. The predicted octanol–water partition coefficient (Wildman–Crippen LogP) is 2.18. The van der Waals surface area contributed by atoms with Crippen LogP contribution in [-0.4, -0.2) is 18.6 Å². The Morgan fingerprint density at radius 3 is 3.06 bits per heavy atom. The van der Waals surface area contributed by atoms with Crippen LogP contribution in [0.3, 0.4) is 0 Å². The number of hydrogen-bond acceptors (Lipinski definition) is 3. The number of ether oxygens (including phenoxy) is 1. The number of hydrogen-bond donors (Lipinski definition) is 1. The van der Waals surface area contributed by atoms with E-state index in [1.807, 2.05) is 0 Å². The van der Waals surface area contributed by atoms with Crippen LogP contribution in [0.15, 0.2) is 30.2 Å². The smallest absolute Gasteiger partial charge is 0.146 e. The fourth-order valence-corrected chi connectivity index (χ4v) is 1.90. The van der Waals surface area contributed by atoms with Gasteiger partial charge in [0, 0.05) is 6.20 Å². The van der Waals surface area contributed by atoms with Crippen molar-refractivity contribution in [1.82, 2.24) is 10.3 Å². The van der Waals surface area contributed by atoms with E-state index in [2.05, 4.69) is 10.3 Å². The second-order valence-electron chi connectivity index (χ2n) is 3.76. The fourth-order valence-electron chi connectivity index (χ4n) is 1.90. The zero-order chi connectivity index (χ0) is 11.4. The molecule has 3 nitrogen and oxygen atoms in total. The van der Waals surface area contributed by atoms with Crippen LogP contribution in [0.1, 0.15) is 24.6 Å². The molecule has 0 aromatic carbocycles. The first kappa shape index (κ1) is 11.1. The molecule has 0 bridgehead atoms. The molecule has 0 fully saturated rings. The molecule has 1 aromatic heterocycles. The second-order valence-corrected chi connectivity index (χ2v) is 3.76. The van der Waals surface area contributed by atoms with Crippen molar-refractivity contribution in [2.45, 2.75) is 18.9 Å². The first-order valence-corrected chi connectivity index (χ1v) is 5.41. The minimum atomic E-state index is -0.284. The summed E-state index contributed by atoms with van der Waals surface area (Å²) in [5.74, 6) is -0.284. The Hall–Kier alpha value is -1.42. The van der Waals surface area contributed by atoms with Crippen molar-refractivity contribution < 1.29 is 9.13 Å². The molecular formula is C12H15FN2O. The number of likely N-dealkylation sites (N-methyl/N-ethyl adjacent to an activating group) is 1. The third kappa shape index (κ3) is 2.22. The van der Waals surface area contributed by atoms with Gasteiger partial charge in [0.25, 0.3) is 0 Å². The van der Waals surface area contributed by atoms with E-state index in [1.54, 1.807) is 25.6 Å². The maximum Gasteiger partial charge on any atom is 0.146 e. The summed E-state index contributed by atoms with van der Waals surface area (Å²) in [5.41, 5.74) is 1.48. The van der Waals surface area contributed by atoms with E-state index in [4.69, 9.17) is 4.74 Å². The molecule has 16 heavy (non-hydrogen) atoms. The van der Waals surface area contributed by atoms with Crippen molar-refractivity contribution in [1.29, 1.82) is 0 Å². The van der Waals surface area contributed by atoms with Crippen molar-refractivity contribution in [2.24, 2.45) is 0 Å². The van der Waals surface area contributed by atoms with Crippen LogP contribution in [0, 0.1) is 5.82 Å². The topological polar surface area (TPSA) is 34.1 Å². The lowest BCUT2D eigenvalue weighted by Gasteiger charge is -2.22. The average Bonchev–Trinajstić information content (AvgIpc) is 2.34. The highest BCUT2D eigenvalue weighted by Crippen LogP contribution is 2.27. The van der Waals surface area contributed by atoms with Crippen LogP contribution < -0.4 is 5.32 Å². The van der Waals surface area contributed by atoms with Crippen molar-refractivity contribution in [2.75, 3.05) is 13.7 Å². The Bertz CT molecular complexity index is 392. The van der Waals surface area contributed by atoms with Gasteiger partial charge in [0.15, 0.2) is 0 Å². The molecule has 0 saturated heterocycles. The summed E-state index contributed by atoms with van der Waals surface area (Å²) >= 11 is 0. The molecule has 0 radical (unpaired) electrons. The summed E-state index contributed by atoms with van der Waals surface area (Å²) in [6.07, 6.45) is 5.21. The zero-order valence-corrected chi connectivity index (χ0v) is 9.24. The Morgan fingerprint density at radius 2 is 2.44 bits per heavy atom. The van der Waals surface area contributed by atoms with Crippen LogP contribution in [-0.2, 0) is 4.74 Å². The monoisotopic (exact) mass is 222 g/mol. The van der Waals surface area contributed by atoms with Gasteiger partial charge < -0.3 is 10.1 Å². The van der Waals surface area contributed by atoms with Gasteiger partial charge in [-0.05, 0) is 37.6 Å². The summed E-state index contributed by atoms with van der Waals surface area (Å²) in [4.78, 5) is 4.09. The second kappa shape index (κ2) is 5.07. The first-order chi connectivity index (χ1) is 7.83. The van der Waals surface area contributed by atoms with Gasteiger partial charge in [0.05, 0.1) is 24.6 Å². The Balaban J connectivity index is 2.28. The summed E-state index contributed by atoms with van der Waals surface area (Å²) in [6, 6.07) is 2.83. The van der Waals surface area contributed by atoms with Crippen LogP contribution in [0.25, 0.3) is 0 Å². The lowest BCUT2D eigenvalue weighted by atomic mass is 9.99. The summed E-state index contributed by atoms with van der Waals surface area (Å²) in [5, 5.41) is 3.08. The molecule has 1 aromatic rings. The van der Waals surface area contributed by atoms with E-state index in [0.29, 0.717) is 5.69 Å². The molecule has 2 heterocycles. The SMILES string of the molecule is CNC(C1=COCCC1)c1ncccc1F. The van der Waals surface area contributed by atoms with E-state index in [9.17, 15) is 4.39 Å². The number of halogens is 1. The van der Waals surface area contributed by atoms with Crippen molar-refractivity contribution in [3.8, 4) is 0 Å². The Labute approximate surface area is 94.3 Å². The van der Waals surface area contributed by atoms with Crippen LogP contribution in [0.4, 0.5) is 4.39 Å². The van der Waals surface area contributed by atoms with Gasteiger partial charge in [-0.3, -0.25) is 4.98 Å². The van der Waals surface area contributed by atoms with Gasteiger partial charge in [-0.2, -0.15) is 0 Å². The molecule has 0 spiro atoms. The number of nitrogens with one attached hydrogen (secondary N) is 1. The number of nitrogens with zero attached hydrogens (tertiary/aromatic N) is 1. The van der Waals surface area contributed by atoms with E-state index >= 15 is 0 Å². The van der Waals surface area contributed by atoms with Crippen LogP contribution >= 0.6 is 0 Å². The molecule has 0 amide bonds. The first-order valence-electron chi connectivity index (χ1n) is 5.41. The van der Waals surface area contributed by atoms with Crippen LogP contribution in [0.2, 0.25) is 0 Å². The minimum Gasteiger partial charge on any atom is -0.501 e. The largest absolute Gasteiger partial charge is 0.501 e. The molecule has 0 aliphatic carbocycles. The number of rotatable bonds is 3. The highest BCUT2D eigenvalue weighted by atomic mass is 19.1. The van der Waals surface area contributed by atoms with E-state index in [1.165, 1.54) is 6.07 Å². The van der Waals surface area contributed by atoms with Gasteiger partial charge in [-0.25, -0.2) is 4.39 Å². The molecule has 0 saturated carbocycles. The highest BCUT2D eigenvalue weighted by molar-refractivity contribution is 5.23. The maximum atomic E-state index is 13.6. The third-order valence-corrected chi connectivity index (χ3v) is 2.68. The highest BCUT2D eigenvalue weighted by Gasteiger charge is 2.21. The van der Waals surface area contributed by atoms with Crippen molar-refractivity contribution in [3.63, 3.8) is 0 Å². The molecule has 4 heteroatoms. The number of pyridine rings is 1. The van der Waals surface area contributed by atoms with Crippen LogP contribution in [0.5, 0.6) is 0 Å². The van der Waals surface area contributed by atoms with E-state index in [0.717, 1.165) is 25.0 Å². The standard InChI is InChI=1S/C12H15FN2O/c1-14-11(9-4-3-7-16-8-9)12-10(13)5-2-6-15-12/h2,5-6,8,11,14H,3-4,7H2,1H3. The molecule has 1 N–H and O–H groups in total. The molecule has 86 valence electrons. The molecule has 1 atom stereocenters. The van der Waals surface area contributed by atoms with Crippen molar-refractivity contribution >= 4 is 0 Å². The lowest BCUT2D eigenvalue weighted by molar-refractivity contribution is 0.219. The minimum absolute atomic E-state index is 0.193. The normalized spacial score (nSPS) is 17.5. The Kier molecular flexibility index (Phi) is 3.51. The van der Waals surface area contributed by atoms with Gasteiger partial charge in [-0.1, -0.05) is 0 Å². The zero-order valence-electron chi connectivity index (χ0n) is 9.24. The van der Waals surface area contributed by atoms with E-state index in [-0.39, 0.29) is 11.9 Å². The van der Waals surface area contributed by atoms with Gasteiger partial charge in [-0.15, -0.1) is 0 Å². The third-order valence-electron chi connectivity index (χ3n) is 2.68. The molecule has 1 unspecified atom stereocenters.